The first-order valence-electron chi connectivity index (χ1n) is 4.04. The van der Waals surface area contributed by atoms with Gasteiger partial charge >= 0.3 is 0 Å². The van der Waals surface area contributed by atoms with E-state index in [4.69, 9.17) is 0 Å². The van der Waals surface area contributed by atoms with Crippen LogP contribution in [0.3, 0.4) is 0 Å². The van der Waals surface area contributed by atoms with Crippen LogP contribution in [0.1, 0.15) is 16.5 Å². The van der Waals surface area contributed by atoms with Crippen molar-refractivity contribution >= 4 is 11.8 Å². The van der Waals surface area contributed by atoms with Crippen LogP contribution in [0, 0.1) is 6.92 Å². The lowest BCUT2D eigenvalue weighted by Gasteiger charge is -2.13. The minimum absolute atomic E-state index is 0.422. The third-order valence-electron chi connectivity index (χ3n) is 1.88. The number of aryl methyl sites for hydroxylation is 1. The molecule has 1 aromatic carbocycles. The minimum atomic E-state index is 0.422. The van der Waals surface area contributed by atoms with Crippen LogP contribution in [0.25, 0.3) is 0 Å². The first-order chi connectivity index (χ1) is 5.77. The maximum atomic E-state index is 3.25. The van der Waals surface area contributed by atoms with Gasteiger partial charge in [0.05, 0.1) is 5.37 Å². The van der Waals surface area contributed by atoms with Gasteiger partial charge in [-0.05, 0) is 25.8 Å². The van der Waals surface area contributed by atoms with E-state index in [9.17, 15) is 0 Å². The van der Waals surface area contributed by atoms with E-state index in [1.807, 2.05) is 18.8 Å². The highest BCUT2D eigenvalue weighted by atomic mass is 32.2. The van der Waals surface area contributed by atoms with Gasteiger partial charge in [-0.25, -0.2) is 0 Å². The van der Waals surface area contributed by atoms with Crippen molar-refractivity contribution in [1.82, 2.24) is 5.32 Å². The first-order valence-corrected chi connectivity index (χ1v) is 5.33. The Labute approximate surface area is 78.6 Å². The van der Waals surface area contributed by atoms with Crippen molar-refractivity contribution in [2.24, 2.45) is 0 Å². The summed E-state index contributed by atoms with van der Waals surface area (Å²) in [5.41, 5.74) is 2.66. The van der Waals surface area contributed by atoms with E-state index in [0.717, 1.165) is 0 Å². The van der Waals surface area contributed by atoms with E-state index in [2.05, 4.69) is 42.8 Å². The molecule has 0 aliphatic rings. The Balaban J connectivity index is 2.80. The standard InChI is InChI=1S/C10H15NS/c1-8-4-6-9(7-5-8)10(11-2)12-3/h4-7,10-11H,1-3H3. The molecule has 0 saturated heterocycles. The second-order valence-corrected chi connectivity index (χ2v) is 3.76. The average molecular weight is 181 g/mol. The zero-order valence-electron chi connectivity index (χ0n) is 7.79. The van der Waals surface area contributed by atoms with E-state index < -0.39 is 0 Å². The molecule has 1 aromatic rings. The Morgan fingerprint density at radius 3 is 2.25 bits per heavy atom. The Bertz CT molecular complexity index is 226. The number of benzene rings is 1. The molecule has 0 amide bonds. The number of thioether (sulfide) groups is 1. The largest absolute Gasteiger partial charge is 0.305 e. The molecule has 1 N–H and O–H groups in total. The Morgan fingerprint density at radius 2 is 1.83 bits per heavy atom. The van der Waals surface area contributed by atoms with E-state index >= 15 is 0 Å². The molecule has 0 bridgehead atoms. The summed E-state index contributed by atoms with van der Waals surface area (Å²) < 4.78 is 0. The molecular formula is C10H15NS. The van der Waals surface area contributed by atoms with Gasteiger partial charge in [-0.3, -0.25) is 0 Å². The van der Waals surface area contributed by atoms with Gasteiger partial charge < -0.3 is 5.32 Å². The summed E-state index contributed by atoms with van der Waals surface area (Å²) >= 11 is 1.82. The van der Waals surface area contributed by atoms with Crippen molar-refractivity contribution in [3.63, 3.8) is 0 Å². The highest BCUT2D eigenvalue weighted by Crippen LogP contribution is 2.22. The van der Waals surface area contributed by atoms with Crippen LogP contribution in [0.2, 0.25) is 0 Å². The van der Waals surface area contributed by atoms with Crippen molar-refractivity contribution in [3.05, 3.63) is 35.4 Å². The van der Waals surface area contributed by atoms with E-state index in [0.29, 0.717) is 5.37 Å². The lowest BCUT2D eigenvalue weighted by atomic mass is 10.1. The average Bonchev–Trinajstić information content (AvgIpc) is 2.10. The quantitative estimate of drug-likeness (QED) is 0.719. The molecule has 0 saturated carbocycles. The molecule has 1 nitrogen and oxygen atoms in total. The van der Waals surface area contributed by atoms with Crippen LogP contribution in [-0.2, 0) is 0 Å². The highest BCUT2D eigenvalue weighted by Gasteiger charge is 2.04. The van der Waals surface area contributed by atoms with Gasteiger partial charge in [0.25, 0.3) is 0 Å². The third-order valence-corrected chi connectivity index (χ3v) is 2.86. The van der Waals surface area contributed by atoms with Crippen LogP contribution in [0.4, 0.5) is 0 Å². The molecule has 0 spiro atoms. The third kappa shape index (κ3) is 2.26. The van der Waals surface area contributed by atoms with Crippen LogP contribution < -0.4 is 5.32 Å². The lowest BCUT2D eigenvalue weighted by molar-refractivity contribution is 0.796. The van der Waals surface area contributed by atoms with E-state index in [1.165, 1.54) is 11.1 Å². The second kappa shape index (κ2) is 4.53. The number of nitrogens with one attached hydrogen (secondary N) is 1. The molecule has 1 rings (SSSR count). The van der Waals surface area contributed by atoms with Crippen LogP contribution in [0.15, 0.2) is 24.3 Å². The molecule has 1 atom stereocenters. The molecule has 1 unspecified atom stereocenters. The predicted molar refractivity (Wildman–Crippen MR) is 56.5 cm³/mol. The molecule has 0 heterocycles. The second-order valence-electron chi connectivity index (χ2n) is 2.82. The molecule has 2 heteroatoms. The van der Waals surface area contributed by atoms with Gasteiger partial charge in [0, 0.05) is 0 Å². The maximum absolute atomic E-state index is 3.25. The van der Waals surface area contributed by atoms with Gasteiger partial charge in [0.15, 0.2) is 0 Å². The van der Waals surface area contributed by atoms with Gasteiger partial charge in [-0.15, -0.1) is 11.8 Å². The van der Waals surface area contributed by atoms with Gasteiger partial charge in [0.1, 0.15) is 0 Å². The fourth-order valence-electron chi connectivity index (χ4n) is 1.16. The molecule has 12 heavy (non-hydrogen) atoms. The van der Waals surface area contributed by atoms with Gasteiger partial charge in [-0.2, -0.15) is 0 Å². The van der Waals surface area contributed by atoms with E-state index in [-0.39, 0.29) is 0 Å². The molecular weight excluding hydrogens is 166 g/mol. The van der Waals surface area contributed by atoms with Crippen molar-refractivity contribution in [2.45, 2.75) is 12.3 Å². The first kappa shape index (κ1) is 9.62. The lowest BCUT2D eigenvalue weighted by Crippen LogP contribution is -2.11. The smallest absolute Gasteiger partial charge is 0.0784 e. The number of hydrogen-bond acceptors (Lipinski definition) is 2. The maximum Gasteiger partial charge on any atom is 0.0784 e. The number of hydrogen-bond donors (Lipinski definition) is 1. The van der Waals surface area contributed by atoms with Crippen molar-refractivity contribution in [3.8, 4) is 0 Å². The van der Waals surface area contributed by atoms with Gasteiger partial charge in [0.2, 0.25) is 0 Å². The molecule has 0 aliphatic carbocycles. The molecule has 0 fully saturated rings. The summed E-state index contributed by atoms with van der Waals surface area (Å²) in [6, 6.07) is 8.64. The molecule has 0 aliphatic heterocycles. The number of rotatable bonds is 3. The normalized spacial score (nSPS) is 12.9. The zero-order chi connectivity index (χ0) is 8.97. The van der Waals surface area contributed by atoms with Crippen molar-refractivity contribution in [2.75, 3.05) is 13.3 Å². The molecule has 66 valence electrons. The summed E-state index contributed by atoms with van der Waals surface area (Å²) in [7, 11) is 1.99. The monoisotopic (exact) mass is 181 g/mol. The van der Waals surface area contributed by atoms with Crippen LogP contribution in [0.5, 0.6) is 0 Å². The Kier molecular flexibility index (Phi) is 3.63. The highest BCUT2D eigenvalue weighted by molar-refractivity contribution is 7.98. The summed E-state index contributed by atoms with van der Waals surface area (Å²) in [6.07, 6.45) is 2.11. The Morgan fingerprint density at radius 1 is 1.25 bits per heavy atom. The molecule has 0 aromatic heterocycles. The Hall–Kier alpha value is -0.470. The SMILES string of the molecule is CNC(SC)c1ccc(C)cc1. The fraction of sp³-hybridized carbons (Fsp3) is 0.400. The summed E-state index contributed by atoms with van der Waals surface area (Å²) in [6.45, 7) is 2.11. The van der Waals surface area contributed by atoms with Crippen molar-refractivity contribution in [1.29, 1.82) is 0 Å². The zero-order valence-corrected chi connectivity index (χ0v) is 8.61. The summed E-state index contributed by atoms with van der Waals surface area (Å²) in [5.74, 6) is 0. The summed E-state index contributed by atoms with van der Waals surface area (Å²) in [4.78, 5) is 0. The predicted octanol–water partition coefficient (Wildman–Crippen LogP) is 2.58. The fourth-order valence-corrected chi connectivity index (χ4v) is 1.83. The topological polar surface area (TPSA) is 12.0 Å². The van der Waals surface area contributed by atoms with Crippen molar-refractivity contribution < 1.29 is 0 Å². The van der Waals surface area contributed by atoms with Crippen LogP contribution >= 0.6 is 11.8 Å². The van der Waals surface area contributed by atoms with Crippen LogP contribution in [-0.4, -0.2) is 13.3 Å². The minimum Gasteiger partial charge on any atom is -0.305 e. The van der Waals surface area contributed by atoms with Gasteiger partial charge in [-0.1, -0.05) is 29.8 Å². The summed E-state index contributed by atoms with van der Waals surface area (Å²) in [5, 5.41) is 3.67. The molecule has 0 radical (unpaired) electrons. The van der Waals surface area contributed by atoms with E-state index in [1.54, 1.807) is 0 Å².